The third-order valence-corrected chi connectivity index (χ3v) is 9.62. The number of hydrogen-bond acceptors (Lipinski definition) is 7. The highest BCUT2D eigenvalue weighted by Gasteiger charge is 2.58. The van der Waals surface area contributed by atoms with E-state index in [0.717, 1.165) is 23.8 Å². The standard InChI is InChI=1S/C34H25F3O7S/c35-34(36,37)27-3-1-2-4-28(27)44-45(42,43)29-18-26-30(21-11-13-23(38)14-12-21)31(32(29)33(26)41)22-9-7-19(8-10-22)5-6-20-15-24(39)17-25(40)16-20/h1-17,26,29,32,38-40H,18H2/b6-5+. The van der Waals surface area contributed by atoms with Crippen molar-refractivity contribution in [2.24, 2.45) is 11.8 Å². The molecule has 4 aromatic rings. The van der Waals surface area contributed by atoms with Crippen molar-refractivity contribution in [2.75, 3.05) is 0 Å². The molecular weight excluding hydrogens is 609 g/mol. The zero-order valence-corrected chi connectivity index (χ0v) is 24.1. The maximum Gasteiger partial charge on any atom is 0.420 e. The van der Waals surface area contributed by atoms with Crippen LogP contribution in [0.3, 0.4) is 0 Å². The molecular formula is C34H25F3O7S. The van der Waals surface area contributed by atoms with Crippen molar-refractivity contribution in [1.29, 1.82) is 0 Å². The van der Waals surface area contributed by atoms with Gasteiger partial charge in [0.1, 0.15) is 28.3 Å². The largest absolute Gasteiger partial charge is 0.508 e. The number of halogens is 3. The van der Waals surface area contributed by atoms with Crippen LogP contribution in [0.25, 0.3) is 23.3 Å². The van der Waals surface area contributed by atoms with Crippen molar-refractivity contribution in [2.45, 2.75) is 17.8 Å². The molecule has 4 aromatic carbocycles. The van der Waals surface area contributed by atoms with Crippen molar-refractivity contribution >= 4 is 39.2 Å². The Morgan fingerprint density at radius 1 is 0.733 bits per heavy atom. The highest BCUT2D eigenvalue weighted by molar-refractivity contribution is 7.87. The molecule has 1 saturated carbocycles. The molecule has 230 valence electrons. The van der Waals surface area contributed by atoms with E-state index in [-0.39, 0.29) is 29.5 Å². The van der Waals surface area contributed by atoms with Gasteiger partial charge in [0, 0.05) is 12.0 Å². The summed E-state index contributed by atoms with van der Waals surface area (Å²) >= 11 is 0. The number of para-hydroxylation sites is 1. The summed E-state index contributed by atoms with van der Waals surface area (Å²) in [6.45, 7) is 0. The Morgan fingerprint density at radius 2 is 1.31 bits per heavy atom. The molecule has 0 amide bonds. The van der Waals surface area contributed by atoms with E-state index in [9.17, 15) is 41.7 Å². The average Bonchev–Trinajstić information content (AvgIpc) is 3.46. The van der Waals surface area contributed by atoms with Gasteiger partial charge >= 0.3 is 16.3 Å². The zero-order chi connectivity index (χ0) is 32.1. The Hall–Kier alpha value is -5.03. The topological polar surface area (TPSA) is 121 Å². The highest BCUT2D eigenvalue weighted by atomic mass is 32.2. The zero-order valence-electron chi connectivity index (χ0n) is 23.3. The Bertz CT molecular complexity index is 1940. The number of hydrogen-bond donors (Lipinski definition) is 3. The van der Waals surface area contributed by atoms with Crippen molar-refractivity contribution in [1.82, 2.24) is 0 Å². The minimum Gasteiger partial charge on any atom is -0.508 e. The minimum atomic E-state index is -4.86. The van der Waals surface area contributed by atoms with Gasteiger partial charge in [-0.25, -0.2) is 0 Å². The molecule has 0 heterocycles. The SMILES string of the molecule is O=C1C2CC(S(=O)(=O)Oc3ccccc3C(F)(F)F)C1C(c1ccc(/C=C/c3cc(O)cc(O)c3)cc1)=C2c1ccc(O)cc1. The van der Waals surface area contributed by atoms with E-state index in [0.29, 0.717) is 27.8 Å². The number of phenols is 3. The Labute approximate surface area is 256 Å². The molecule has 1 fully saturated rings. The molecule has 0 spiro atoms. The Kier molecular flexibility index (Phi) is 7.44. The van der Waals surface area contributed by atoms with Gasteiger partial charge in [0.05, 0.1) is 11.5 Å². The molecule has 11 heteroatoms. The Balaban J connectivity index is 1.38. The monoisotopic (exact) mass is 634 g/mol. The lowest BCUT2D eigenvalue weighted by Crippen LogP contribution is -2.33. The first kappa shape index (κ1) is 30.0. The first-order chi connectivity index (χ1) is 21.3. The summed E-state index contributed by atoms with van der Waals surface area (Å²) in [4.78, 5) is 13.7. The van der Waals surface area contributed by atoms with Gasteiger partial charge in [0.15, 0.2) is 5.75 Å². The molecule has 0 radical (unpaired) electrons. The van der Waals surface area contributed by atoms with Gasteiger partial charge in [-0.3, -0.25) is 4.79 Å². The Morgan fingerprint density at radius 3 is 1.96 bits per heavy atom. The van der Waals surface area contributed by atoms with Crippen LogP contribution < -0.4 is 4.18 Å². The fourth-order valence-corrected chi connectivity index (χ4v) is 7.64. The molecule has 0 aliphatic heterocycles. The summed E-state index contributed by atoms with van der Waals surface area (Å²) in [6.07, 6.45) is -1.61. The first-order valence-corrected chi connectivity index (χ1v) is 15.3. The van der Waals surface area contributed by atoms with Crippen LogP contribution in [0.4, 0.5) is 13.2 Å². The van der Waals surface area contributed by atoms with Gasteiger partial charge in [-0.2, -0.15) is 21.6 Å². The number of allylic oxidation sites excluding steroid dienone is 2. The van der Waals surface area contributed by atoms with Crippen LogP contribution in [0.15, 0.2) is 91.0 Å². The number of phenolic OH excluding ortho intramolecular Hbond substituents is 3. The number of rotatable bonds is 7. The van der Waals surface area contributed by atoms with E-state index >= 15 is 0 Å². The summed E-state index contributed by atoms with van der Waals surface area (Å²) in [6, 6.07) is 21.2. The number of ketones is 1. The predicted octanol–water partition coefficient (Wildman–Crippen LogP) is 6.90. The van der Waals surface area contributed by atoms with Crippen LogP contribution in [0.5, 0.6) is 23.0 Å². The fraction of sp³-hybridized carbons (Fsp3) is 0.147. The van der Waals surface area contributed by atoms with E-state index < -0.39 is 44.7 Å². The molecule has 3 atom stereocenters. The third-order valence-electron chi connectivity index (χ3n) is 8.00. The molecule has 7 nitrogen and oxygen atoms in total. The number of fused-ring (bicyclic) bond motifs is 2. The molecule has 0 aromatic heterocycles. The molecule has 6 rings (SSSR count). The van der Waals surface area contributed by atoms with Crippen molar-refractivity contribution in [3.05, 3.63) is 119 Å². The lowest BCUT2D eigenvalue weighted by Gasteiger charge is -2.26. The number of alkyl halides is 3. The summed E-state index contributed by atoms with van der Waals surface area (Å²) in [5.74, 6) is -3.48. The van der Waals surface area contributed by atoms with Gasteiger partial charge in [0.25, 0.3) is 0 Å². The second-order valence-electron chi connectivity index (χ2n) is 10.9. The lowest BCUT2D eigenvalue weighted by molar-refractivity contribution is -0.138. The predicted molar refractivity (Wildman–Crippen MR) is 161 cm³/mol. The van der Waals surface area contributed by atoms with Gasteiger partial charge in [-0.1, -0.05) is 60.7 Å². The van der Waals surface area contributed by atoms with Crippen LogP contribution in [-0.2, 0) is 21.1 Å². The van der Waals surface area contributed by atoms with Crippen LogP contribution in [0.2, 0.25) is 0 Å². The average molecular weight is 635 g/mol. The number of carbonyl (C=O) groups excluding carboxylic acids is 1. The summed E-state index contributed by atoms with van der Waals surface area (Å²) < 4.78 is 73.0. The number of aromatic hydroxyl groups is 3. The van der Waals surface area contributed by atoms with Crippen molar-refractivity contribution in [3.63, 3.8) is 0 Å². The quantitative estimate of drug-likeness (QED) is 0.149. The van der Waals surface area contributed by atoms with Crippen LogP contribution in [0.1, 0.15) is 34.2 Å². The molecule has 0 saturated heterocycles. The second kappa shape index (κ2) is 11.2. The van der Waals surface area contributed by atoms with Crippen molar-refractivity contribution < 1.29 is 45.9 Å². The maximum atomic E-state index is 13.7. The summed E-state index contributed by atoms with van der Waals surface area (Å²) in [5, 5.41) is 27.9. The van der Waals surface area contributed by atoms with E-state index in [1.54, 1.807) is 48.6 Å². The molecule has 2 bridgehead atoms. The smallest absolute Gasteiger partial charge is 0.420 e. The van der Waals surface area contributed by atoms with Crippen LogP contribution in [-0.4, -0.2) is 34.8 Å². The van der Waals surface area contributed by atoms with Crippen LogP contribution >= 0.6 is 0 Å². The fourth-order valence-electron chi connectivity index (χ4n) is 6.09. The van der Waals surface area contributed by atoms with E-state index in [1.807, 2.05) is 0 Å². The molecule has 45 heavy (non-hydrogen) atoms. The van der Waals surface area contributed by atoms with E-state index in [2.05, 4.69) is 0 Å². The van der Waals surface area contributed by atoms with E-state index in [1.165, 1.54) is 36.4 Å². The highest BCUT2D eigenvalue weighted by Crippen LogP contribution is 2.56. The second-order valence-corrected chi connectivity index (χ2v) is 12.6. The molecule has 3 unspecified atom stereocenters. The number of carbonyl (C=O) groups is 1. The van der Waals surface area contributed by atoms with E-state index in [4.69, 9.17) is 4.18 Å². The minimum absolute atomic E-state index is 0.00348. The maximum absolute atomic E-state index is 13.7. The normalized spacial score (nSPS) is 19.9. The third kappa shape index (κ3) is 5.78. The number of Topliss-reactive ketones (excluding diaryl/α,β-unsaturated/α-hetero) is 1. The van der Waals surface area contributed by atoms with Gasteiger partial charge < -0.3 is 19.5 Å². The molecule has 2 aliphatic rings. The van der Waals surface area contributed by atoms with Gasteiger partial charge in [0.2, 0.25) is 0 Å². The number of benzene rings is 4. The van der Waals surface area contributed by atoms with Gasteiger partial charge in [-0.15, -0.1) is 0 Å². The van der Waals surface area contributed by atoms with Crippen molar-refractivity contribution in [3.8, 4) is 23.0 Å². The summed E-state index contributed by atoms with van der Waals surface area (Å²) in [7, 11) is -4.71. The van der Waals surface area contributed by atoms with Crippen LogP contribution in [0, 0.1) is 11.8 Å². The summed E-state index contributed by atoms with van der Waals surface area (Å²) in [5.41, 5.74) is 2.19. The first-order valence-electron chi connectivity index (χ1n) is 13.8. The lowest BCUT2D eigenvalue weighted by atomic mass is 9.83. The molecule has 2 aliphatic carbocycles. The van der Waals surface area contributed by atoms with Gasteiger partial charge in [-0.05, 0) is 76.2 Å². The molecule has 3 N–H and O–H groups in total.